The van der Waals surface area contributed by atoms with E-state index in [1.807, 2.05) is 19.1 Å². The highest BCUT2D eigenvalue weighted by Gasteiger charge is 2.06. The van der Waals surface area contributed by atoms with Gasteiger partial charge in [-0.25, -0.2) is 0 Å². The molecule has 0 aliphatic rings. The van der Waals surface area contributed by atoms with Gasteiger partial charge in [-0.1, -0.05) is 22.0 Å². The quantitative estimate of drug-likeness (QED) is 0.775. The first-order valence-electron chi connectivity index (χ1n) is 4.28. The molecule has 0 saturated heterocycles. The predicted molar refractivity (Wildman–Crippen MR) is 66.6 cm³/mol. The van der Waals surface area contributed by atoms with E-state index in [1.165, 1.54) is 10.4 Å². The number of hydrogen-bond acceptors (Lipinski definition) is 2. The summed E-state index contributed by atoms with van der Waals surface area (Å²) in [6, 6.07) is 8.22. The number of thiophene rings is 1. The van der Waals surface area contributed by atoms with E-state index in [4.69, 9.17) is 5.73 Å². The Balaban J connectivity index is 2.60. The fourth-order valence-corrected chi connectivity index (χ4v) is 2.87. The van der Waals surface area contributed by atoms with Gasteiger partial charge in [-0.3, -0.25) is 0 Å². The lowest BCUT2D eigenvalue weighted by Crippen LogP contribution is -1.90. The molecule has 0 radical (unpaired) electrons. The lowest BCUT2D eigenvalue weighted by atomic mass is 10.1. The number of halogens is 1. The van der Waals surface area contributed by atoms with Crippen LogP contribution < -0.4 is 5.73 Å². The van der Waals surface area contributed by atoms with Gasteiger partial charge in [0.15, 0.2) is 0 Å². The van der Waals surface area contributed by atoms with Gasteiger partial charge in [-0.15, -0.1) is 11.3 Å². The molecular formula is C11H10BrNS. The minimum Gasteiger partial charge on any atom is -0.398 e. The van der Waals surface area contributed by atoms with E-state index >= 15 is 0 Å². The number of anilines is 1. The van der Waals surface area contributed by atoms with Crippen LogP contribution in [0.2, 0.25) is 0 Å². The van der Waals surface area contributed by atoms with Crippen LogP contribution in [0.5, 0.6) is 0 Å². The molecule has 0 bridgehead atoms. The van der Waals surface area contributed by atoms with Crippen LogP contribution in [-0.2, 0) is 0 Å². The Hall–Kier alpha value is -0.800. The number of nitrogens with two attached hydrogens (primary N) is 1. The van der Waals surface area contributed by atoms with E-state index in [9.17, 15) is 0 Å². The van der Waals surface area contributed by atoms with Gasteiger partial charge in [0.2, 0.25) is 0 Å². The molecule has 0 atom stereocenters. The molecule has 1 nitrogen and oxygen atoms in total. The van der Waals surface area contributed by atoms with Crippen molar-refractivity contribution in [3.05, 3.63) is 39.7 Å². The summed E-state index contributed by atoms with van der Waals surface area (Å²) >= 11 is 5.27. The Morgan fingerprint density at radius 3 is 2.79 bits per heavy atom. The van der Waals surface area contributed by atoms with Crippen molar-refractivity contribution in [2.75, 3.05) is 5.73 Å². The van der Waals surface area contributed by atoms with E-state index in [1.54, 1.807) is 11.3 Å². The monoisotopic (exact) mass is 267 g/mol. The van der Waals surface area contributed by atoms with E-state index in [0.717, 1.165) is 15.7 Å². The van der Waals surface area contributed by atoms with Crippen molar-refractivity contribution in [2.24, 2.45) is 0 Å². The number of rotatable bonds is 1. The summed E-state index contributed by atoms with van der Waals surface area (Å²) in [7, 11) is 0. The smallest absolute Gasteiger partial charge is 0.0354 e. The summed E-state index contributed by atoms with van der Waals surface area (Å²) in [6.07, 6.45) is 0. The summed E-state index contributed by atoms with van der Waals surface area (Å²) in [6.45, 7) is 2.01. The van der Waals surface area contributed by atoms with Crippen LogP contribution in [0.3, 0.4) is 0 Å². The SMILES string of the molecule is Cc1cc(Br)c(-c2cccs2)cc1N. The summed E-state index contributed by atoms with van der Waals surface area (Å²) in [5.74, 6) is 0. The highest BCUT2D eigenvalue weighted by atomic mass is 79.9. The van der Waals surface area contributed by atoms with Crippen molar-refractivity contribution < 1.29 is 0 Å². The molecule has 1 aromatic carbocycles. The van der Waals surface area contributed by atoms with Crippen LogP contribution in [0.4, 0.5) is 5.69 Å². The minimum absolute atomic E-state index is 0.844. The van der Waals surface area contributed by atoms with Crippen LogP contribution in [-0.4, -0.2) is 0 Å². The van der Waals surface area contributed by atoms with Crippen molar-refractivity contribution in [2.45, 2.75) is 6.92 Å². The maximum Gasteiger partial charge on any atom is 0.0354 e. The van der Waals surface area contributed by atoms with Crippen LogP contribution in [0.15, 0.2) is 34.1 Å². The molecule has 0 aliphatic heterocycles. The van der Waals surface area contributed by atoms with Crippen molar-refractivity contribution in [1.29, 1.82) is 0 Å². The molecule has 0 saturated carbocycles. The number of benzene rings is 1. The molecule has 0 unspecified atom stereocenters. The first kappa shape index (κ1) is 9.74. The van der Waals surface area contributed by atoms with Gasteiger partial charge in [0, 0.05) is 20.6 Å². The molecule has 0 spiro atoms. The zero-order chi connectivity index (χ0) is 10.1. The summed E-state index contributed by atoms with van der Waals surface area (Å²) in [4.78, 5) is 1.24. The maximum absolute atomic E-state index is 5.88. The number of hydrogen-bond donors (Lipinski definition) is 1. The summed E-state index contributed by atoms with van der Waals surface area (Å²) in [5.41, 5.74) is 9.00. The van der Waals surface area contributed by atoms with Gasteiger partial charge in [0.05, 0.1) is 0 Å². The molecule has 2 aromatic rings. The Morgan fingerprint density at radius 1 is 1.36 bits per heavy atom. The van der Waals surface area contributed by atoms with Gasteiger partial charge in [0.1, 0.15) is 0 Å². The van der Waals surface area contributed by atoms with E-state index < -0.39 is 0 Å². The Bertz CT molecular complexity index is 449. The Kier molecular flexibility index (Phi) is 2.61. The zero-order valence-corrected chi connectivity index (χ0v) is 10.2. The molecule has 1 aromatic heterocycles. The molecule has 0 aliphatic carbocycles. The molecule has 0 amide bonds. The minimum atomic E-state index is 0.844. The van der Waals surface area contributed by atoms with Gasteiger partial charge >= 0.3 is 0 Å². The summed E-state index contributed by atoms with van der Waals surface area (Å²) < 4.78 is 1.10. The third-order valence-electron chi connectivity index (χ3n) is 2.14. The van der Waals surface area contributed by atoms with Crippen molar-refractivity contribution in [3.8, 4) is 10.4 Å². The van der Waals surface area contributed by atoms with Gasteiger partial charge in [-0.05, 0) is 36.1 Å². The molecule has 1 heterocycles. The highest BCUT2D eigenvalue weighted by Crippen LogP contribution is 2.34. The van der Waals surface area contributed by atoms with Gasteiger partial charge in [-0.2, -0.15) is 0 Å². The lowest BCUT2D eigenvalue weighted by molar-refractivity contribution is 1.45. The molecule has 0 fully saturated rings. The van der Waals surface area contributed by atoms with Crippen LogP contribution >= 0.6 is 27.3 Å². The molecule has 3 heteroatoms. The van der Waals surface area contributed by atoms with Gasteiger partial charge in [0.25, 0.3) is 0 Å². The van der Waals surface area contributed by atoms with Crippen LogP contribution in [0.1, 0.15) is 5.56 Å². The topological polar surface area (TPSA) is 26.0 Å². The first-order chi connectivity index (χ1) is 6.68. The van der Waals surface area contributed by atoms with Crippen molar-refractivity contribution >= 4 is 33.0 Å². The largest absolute Gasteiger partial charge is 0.398 e. The van der Waals surface area contributed by atoms with Crippen molar-refractivity contribution in [3.63, 3.8) is 0 Å². The second kappa shape index (κ2) is 3.75. The average molecular weight is 268 g/mol. The van der Waals surface area contributed by atoms with Crippen LogP contribution in [0, 0.1) is 6.92 Å². The Labute approximate surface area is 95.7 Å². The first-order valence-corrected chi connectivity index (χ1v) is 5.95. The lowest BCUT2D eigenvalue weighted by Gasteiger charge is -2.06. The third kappa shape index (κ3) is 1.70. The van der Waals surface area contributed by atoms with E-state index in [2.05, 4.69) is 33.4 Å². The standard InChI is InChI=1S/C11H10BrNS/c1-7-5-9(12)8(6-10(7)13)11-3-2-4-14-11/h2-6H,13H2,1H3. The number of nitrogen functional groups attached to an aromatic ring is 1. The molecule has 72 valence electrons. The van der Waals surface area contributed by atoms with E-state index in [0.29, 0.717) is 0 Å². The highest BCUT2D eigenvalue weighted by molar-refractivity contribution is 9.10. The zero-order valence-electron chi connectivity index (χ0n) is 7.75. The molecule has 2 rings (SSSR count). The average Bonchev–Trinajstić information content (AvgIpc) is 2.64. The molecule has 2 N–H and O–H groups in total. The fraction of sp³-hybridized carbons (Fsp3) is 0.0909. The maximum atomic E-state index is 5.88. The Morgan fingerprint density at radius 2 is 2.14 bits per heavy atom. The van der Waals surface area contributed by atoms with E-state index in [-0.39, 0.29) is 0 Å². The van der Waals surface area contributed by atoms with Crippen LogP contribution in [0.25, 0.3) is 10.4 Å². The second-order valence-electron chi connectivity index (χ2n) is 3.17. The molecule has 14 heavy (non-hydrogen) atoms. The number of aryl methyl sites for hydroxylation is 1. The summed E-state index contributed by atoms with van der Waals surface area (Å²) in [5, 5.41) is 2.07. The molecular weight excluding hydrogens is 258 g/mol. The fourth-order valence-electron chi connectivity index (χ4n) is 1.31. The van der Waals surface area contributed by atoms with Gasteiger partial charge < -0.3 is 5.73 Å². The third-order valence-corrected chi connectivity index (χ3v) is 3.70. The predicted octanol–water partition coefficient (Wildman–Crippen LogP) is 4.07. The van der Waals surface area contributed by atoms with Crippen molar-refractivity contribution in [1.82, 2.24) is 0 Å². The normalized spacial score (nSPS) is 10.4. The second-order valence-corrected chi connectivity index (χ2v) is 4.97.